The summed E-state index contributed by atoms with van der Waals surface area (Å²) in [5.74, 6) is 0.406. The number of thiophene rings is 1. The lowest BCUT2D eigenvalue weighted by Gasteiger charge is -2.44. The van der Waals surface area contributed by atoms with Crippen LogP contribution in [-0.4, -0.2) is 6.71 Å². The highest BCUT2D eigenvalue weighted by molar-refractivity contribution is 7.30. The summed E-state index contributed by atoms with van der Waals surface area (Å²) in [5.41, 5.74) is 34.6. The highest BCUT2D eigenvalue weighted by atomic mass is 32.1. The van der Waals surface area contributed by atoms with Crippen molar-refractivity contribution in [2.45, 2.75) is 89.9 Å². The zero-order valence-electron chi connectivity index (χ0n) is 48.2. The standard InChI is InChI=1S/C78H63BN2S/c1-45(2)47-30-35-51(36-31-47)81-69-41-46(3)40-68-71(69)79(74-72(81)70-57-39-34-49(76(7,8)9)42-64(57)78(73(70)82-74)62-28-18-12-22-54(62)55-23-13-19-29-63(55)78)66-44-65-58(43-67(66)80(68)50-37-32-48(33-38-50)75(4,5)6)56-24-14-17-27-61(56)77(65)59-25-15-10-20-52(59)53-21-11-16-26-60(53)77/h10-45H,1-9H3. The molecule has 0 saturated heterocycles. The molecular weight excluding hydrogens is 1010 g/mol. The molecule has 0 unspecified atom stereocenters. The first kappa shape index (κ1) is 48.3. The van der Waals surface area contributed by atoms with Crippen molar-refractivity contribution in [3.05, 3.63) is 278 Å². The van der Waals surface area contributed by atoms with E-state index in [1.54, 1.807) is 0 Å². The number of fused-ring (bicyclic) bond motifs is 25. The Bertz CT molecular complexity index is 4510. The lowest BCUT2D eigenvalue weighted by atomic mass is 9.35. The second kappa shape index (κ2) is 16.4. The van der Waals surface area contributed by atoms with E-state index in [1.807, 2.05) is 0 Å². The van der Waals surface area contributed by atoms with E-state index in [2.05, 4.69) is 296 Å². The fraction of sp³-hybridized carbons (Fsp3) is 0.179. The highest BCUT2D eigenvalue weighted by Gasteiger charge is 2.58. The Hall–Kier alpha value is -8.44. The van der Waals surface area contributed by atoms with Gasteiger partial charge < -0.3 is 9.80 Å². The molecule has 6 aliphatic rings. The van der Waals surface area contributed by atoms with E-state index >= 15 is 0 Å². The molecule has 0 bridgehead atoms. The molecule has 0 atom stereocenters. The first-order valence-electron chi connectivity index (χ1n) is 29.6. The first-order valence-corrected chi connectivity index (χ1v) is 30.5. The summed E-state index contributed by atoms with van der Waals surface area (Å²) in [6.45, 7) is 20.9. The molecule has 1 aromatic heterocycles. The second-order valence-corrected chi connectivity index (χ2v) is 27.6. The van der Waals surface area contributed by atoms with Crippen molar-refractivity contribution < 1.29 is 0 Å². The largest absolute Gasteiger partial charge is 0.311 e. The van der Waals surface area contributed by atoms with E-state index in [0.717, 1.165) is 0 Å². The Morgan fingerprint density at radius 3 is 1.39 bits per heavy atom. The lowest BCUT2D eigenvalue weighted by Crippen LogP contribution is -2.60. The quantitative estimate of drug-likeness (QED) is 0.163. The van der Waals surface area contributed by atoms with Crippen molar-refractivity contribution in [1.82, 2.24) is 0 Å². The van der Waals surface area contributed by atoms with Crippen molar-refractivity contribution >= 4 is 67.9 Å². The van der Waals surface area contributed by atoms with Gasteiger partial charge in [-0.3, -0.25) is 0 Å². The van der Waals surface area contributed by atoms with Gasteiger partial charge in [-0.1, -0.05) is 225 Å². The van der Waals surface area contributed by atoms with Crippen molar-refractivity contribution in [2.75, 3.05) is 9.80 Å². The molecule has 4 aliphatic carbocycles. The SMILES string of the molecule is Cc1cc2c3c(c1)N(c1ccc(C(C)C)cc1)c1c(sc4c1-c1ccc(C(C)(C)C)cc1C41c4ccccc4-c4ccccc41)B3c1cc3c(cc1N2c1ccc(C(C)(C)C)cc1)-c1ccccc1C31c2ccccc2-c2ccccc21. The van der Waals surface area contributed by atoms with Crippen LogP contribution < -0.4 is 25.5 Å². The Morgan fingerprint density at radius 2 is 0.866 bits per heavy atom. The van der Waals surface area contributed by atoms with Crippen LogP contribution in [0.3, 0.4) is 0 Å². The maximum atomic E-state index is 2.72. The molecule has 4 heteroatoms. The van der Waals surface area contributed by atoms with Crippen molar-refractivity contribution in [1.29, 1.82) is 0 Å². The molecule has 3 heterocycles. The van der Waals surface area contributed by atoms with E-state index in [-0.39, 0.29) is 17.5 Å². The van der Waals surface area contributed by atoms with Gasteiger partial charge in [-0.25, -0.2) is 0 Å². The third-order valence-corrected chi connectivity index (χ3v) is 21.2. The van der Waals surface area contributed by atoms with Gasteiger partial charge in [0.1, 0.15) is 0 Å². The average molecular weight is 1070 g/mol. The van der Waals surface area contributed by atoms with Crippen LogP contribution in [0.2, 0.25) is 0 Å². The minimum absolute atomic E-state index is 0.00484. The third-order valence-electron chi connectivity index (χ3n) is 19.8. The minimum Gasteiger partial charge on any atom is -0.311 e. The van der Waals surface area contributed by atoms with Crippen LogP contribution in [-0.2, 0) is 21.7 Å². The number of nitrogens with zero attached hydrogens (tertiary/aromatic N) is 2. The molecule has 82 heavy (non-hydrogen) atoms. The van der Waals surface area contributed by atoms with Gasteiger partial charge in [0.2, 0.25) is 0 Å². The van der Waals surface area contributed by atoms with Crippen LogP contribution >= 0.6 is 11.3 Å². The van der Waals surface area contributed by atoms with Crippen molar-refractivity contribution in [2.24, 2.45) is 0 Å². The van der Waals surface area contributed by atoms with Crippen LogP contribution in [0, 0.1) is 6.92 Å². The predicted octanol–water partition coefficient (Wildman–Crippen LogP) is 18.5. The summed E-state index contributed by atoms with van der Waals surface area (Å²) in [5, 5.41) is 0. The van der Waals surface area contributed by atoms with Gasteiger partial charge in [-0.15, -0.1) is 11.3 Å². The molecule has 394 valence electrons. The molecule has 2 spiro atoms. The summed E-state index contributed by atoms with van der Waals surface area (Å²) in [7, 11) is 0. The van der Waals surface area contributed by atoms with Gasteiger partial charge in [0.25, 0.3) is 6.71 Å². The van der Waals surface area contributed by atoms with Crippen molar-refractivity contribution in [3.63, 3.8) is 0 Å². The van der Waals surface area contributed by atoms with Gasteiger partial charge >= 0.3 is 0 Å². The molecule has 11 aromatic rings. The normalized spacial score (nSPS) is 15.4. The van der Waals surface area contributed by atoms with Gasteiger partial charge in [0.05, 0.1) is 16.5 Å². The van der Waals surface area contributed by atoms with E-state index < -0.39 is 10.8 Å². The number of rotatable bonds is 3. The first-order chi connectivity index (χ1) is 39.7. The minimum atomic E-state index is -0.529. The topological polar surface area (TPSA) is 6.48 Å². The van der Waals surface area contributed by atoms with E-state index in [1.165, 1.54) is 160 Å². The second-order valence-electron chi connectivity index (χ2n) is 26.6. The molecule has 0 N–H and O–H groups in total. The Balaban J connectivity index is 1.03. The van der Waals surface area contributed by atoms with Crippen LogP contribution in [0.4, 0.5) is 34.1 Å². The fourth-order valence-corrected chi connectivity index (χ4v) is 17.8. The average Bonchev–Trinajstić information content (AvgIpc) is 1.54. The van der Waals surface area contributed by atoms with E-state index in [4.69, 9.17) is 0 Å². The van der Waals surface area contributed by atoms with Gasteiger partial charge in [-0.05, 0) is 177 Å². The predicted molar refractivity (Wildman–Crippen MR) is 347 cm³/mol. The van der Waals surface area contributed by atoms with E-state index in [9.17, 15) is 0 Å². The Labute approximate surface area is 487 Å². The summed E-state index contributed by atoms with van der Waals surface area (Å²) < 4.78 is 1.41. The molecule has 0 amide bonds. The summed E-state index contributed by atoms with van der Waals surface area (Å²) in [6.07, 6.45) is 0. The maximum absolute atomic E-state index is 2.72. The highest BCUT2D eigenvalue weighted by Crippen LogP contribution is 2.68. The fourth-order valence-electron chi connectivity index (χ4n) is 16.1. The number of aryl methyl sites for hydroxylation is 1. The number of hydrogen-bond donors (Lipinski definition) is 0. The smallest absolute Gasteiger partial charge is 0.264 e. The third kappa shape index (κ3) is 6.01. The van der Waals surface area contributed by atoms with Crippen molar-refractivity contribution in [3.8, 4) is 44.5 Å². The van der Waals surface area contributed by atoms with Crippen LogP contribution in [0.15, 0.2) is 212 Å². The number of benzene rings is 10. The van der Waals surface area contributed by atoms with Crippen LogP contribution in [0.1, 0.15) is 127 Å². The summed E-state index contributed by atoms with van der Waals surface area (Å²) >= 11 is 2.09. The summed E-state index contributed by atoms with van der Waals surface area (Å²) in [6, 6.07) is 83.6. The molecule has 2 aliphatic heterocycles. The lowest BCUT2D eigenvalue weighted by molar-refractivity contribution is 0.588. The molecule has 10 aromatic carbocycles. The van der Waals surface area contributed by atoms with Gasteiger partial charge in [-0.2, -0.15) is 0 Å². The van der Waals surface area contributed by atoms with E-state index in [0.29, 0.717) is 5.92 Å². The Morgan fingerprint density at radius 1 is 0.415 bits per heavy atom. The zero-order chi connectivity index (χ0) is 55.5. The number of hydrogen-bond acceptors (Lipinski definition) is 3. The van der Waals surface area contributed by atoms with Crippen LogP contribution in [0.25, 0.3) is 44.5 Å². The molecule has 2 nitrogen and oxygen atoms in total. The molecular formula is C78H63BN2S. The summed E-state index contributed by atoms with van der Waals surface area (Å²) in [4.78, 5) is 6.79. The van der Waals surface area contributed by atoms with Crippen LogP contribution in [0.5, 0.6) is 0 Å². The maximum Gasteiger partial charge on any atom is 0.264 e. The molecule has 0 fully saturated rings. The zero-order valence-corrected chi connectivity index (χ0v) is 49.0. The number of anilines is 6. The van der Waals surface area contributed by atoms with Gasteiger partial charge in [0, 0.05) is 43.7 Å². The van der Waals surface area contributed by atoms with Gasteiger partial charge in [0.15, 0.2) is 0 Å². The molecule has 0 saturated carbocycles. The Kier molecular flexibility index (Phi) is 9.65. The monoisotopic (exact) mass is 1070 g/mol. The molecule has 17 rings (SSSR count). The molecule has 0 radical (unpaired) electrons.